The van der Waals surface area contributed by atoms with Gasteiger partial charge in [0, 0.05) is 41.7 Å². The third kappa shape index (κ3) is 3.79. The zero-order valence-corrected chi connectivity index (χ0v) is 12.1. The molecule has 98 valence electrons. The number of carbonyl (C=O) groups is 1. The highest BCUT2D eigenvalue weighted by atomic mass is 79.9. The van der Waals surface area contributed by atoms with Gasteiger partial charge in [-0.15, -0.1) is 0 Å². The van der Waals surface area contributed by atoms with Gasteiger partial charge in [0.15, 0.2) is 0 Å². The molecule has 0 radical (unpaired) electrons. The van der Waals surface area contributed by atoms with Gasteiger partial charge in [-0.25, -0.2) is 0 Å². The highest BCUT2D eigenvalue weighted by molar-refractivity contribution is 9.10. The molecule has 0 spiro atoms. The van der Waals surface area contributed by atoms with E-state index in [9.17, 15) is 4.79 Å². The number of hydrogen-bond donors (Lipinski definition) is 2. The summed E-state index contributed by atoms with van der Waals surface area (Å²) in [5, 5.41) is 5.87. The number of anilines is 1. The van der Waals surface area contributed by atoms with Crippen LogP contribution in [-0.4, -0.2) is 17.9 Å². The van der Waals surface area contributed by atoms with Crippen LogP contribution in [0, 0.1) is 0 Å². The monoisotopic (exact) mass is 319 g/mol. The smallest absolute Gasteiger partial charge is 0.251 e. The molecular formula is C14H14BrN3O. The molecule has 2 rings (SSSR count). The number of halogens is 1. The Kier molecular flexibility index (Phi) is 4.52. The van der Waals surface area contributed by atoms with Crippen molar-refractivity contribution in [3.8, 4) is 0 Å². The van der Waals surface area contributed by atoms with E-state index in [0.717, 1.165) is 15.7 Å². The first-order valence-corrected chi connectivity index (χ1v) is 6.64. The Labute approximate surface area is 120 Å². The summed E-state index contributed by atoms with van der Waals surface area (Å²) in [5.74, 6) is -0.0900. The van der Waals surface area contributed by atoms with E-state index in [2.05, 4.69) is 31.5 Å². The first-order chi connectivity index (χ1) is 9.19. The molecule has 2 N–H and O–H groups in total. The first-order valence-electron chi connectivity index (χ1n) is 5.84. The zero-order chi connectivity index (χ0) is 13.7. The highest BCUT2D eigenvalue weighted by Gasteiger charge is 2.03. The van der Waals surface area contributed by atoms with Gasteiger partial charge >= 0.3 is 0 Å². The Morgan fingerprint density at radius 1 is 1.32 bits per heavy atom. The Hall–Kier alpha value is -1.88. The van der Waals surface area contributed by atoms with Crippen LogP contribution in [0.4, 0.5) is 5.69 Å². The Balaban J connectivity index is 2.05. The van der Waals surface area contributed by atoms with E-state index in [0.29, 0.717) is 12.1 Å². The number of benzene rings is 1. The maximum absolute atomic E-state index is 11.5. The van der Waals surface area contributed by atoms with Crippen molar-refractivity contribution < 1.29 is 4.79 Å². The van der Waals surface area contributed by atoms with E-state index >= 15 is 0 Å². The standard InChI is InChI=1S/C14H14BrN3O/c1-16-14(19)11-3-2-4-13(6-11)18-8-10-5-12(15)9-17-7-10/h2-7,9,18H,8H2,1H3,(H,16,19). The van der Waals surface area contributed by atoms with Gasteiger partial charge in [-0.2, -0.15) is 0 Å². The van der Waals surface area contributed by atoms with Crippen molar-refractivity contribution >= 4 is 27.5 Å². The van der Waals surface area contributed by atoms with Gasteiger partial charge in [0.1, 0.15) is 0 Å². The summed E-state index contributed by atoms with van der Waals surface area (Å²) in [6.07, 6.45) is 3.55. The molecule has 4 nitrogen and oxygen atoms in total. The van der Waals surface area contributed by atoms with E-state index in [-0.39, 0.29) is 5.91 Å². The van der Waals surface area contributed by atoms with Crippen LogP contribution in [-0.2, 0) is 6.54 Å². The van der Waals surface area contributed by atoms with Crippen LogP contribution in [0.1, 0.15) is 15.9 Å². The fourth-order valence-corrected chi connectivity index (χ4v) is 2.08. The summed E-state index contributed by atoms with van der Waals surface area (Å²) in [5.41, 5.74) is 2.61. The molecule has 0 aliphatic carbocycles. The van der Waals surface area contributed by atoms with Crippen LogP contribution in [0.15, 0.2) is 47.2 Å². The molecule has 0 bridgehead atoms. The lowest BCUT2D eigenvalue weighted by Crippen LogP contribution is -2.17. The fourth-order valence-electron chi connectivity index (χ4n) is 1.67. The number of pyridine rings is 1. The molecule has 1 heterocycles. The van der Waals surface area contributed by atoms with Crippen LogP contribution >= 0.6 is 15.9 Å². The largest absolute Gasteiger partial charge is 0.381 e. The predicted octanol–water partition coefficient (Wildman–Crippen LogP) is 2.82. The van der Waals surface area contributed by atoms with Crippen molar-refractivity contribution in [1.82, 2.24) is 10.3 Å². The van der Waals surface area contributed by atoms with Gasteiger partial charge in [-0.3, -0.25) is 9.78 Å². The average molecular weight is 320 g/mol. The van der Waals surface area contributed by atoms with E-state index in [1.165, 1.54) is 0 Å². The molecular weight excluding hydrogens is 306 g/mol. The molecule has 1 aromatic heterocycles. The quantitative estimate of drug-likeness (QED) is 0.911. The number of nitrogens with one attached hydrogen (secondary N) is 2. The molecule has 0 saturated carbocycles. The van der Waals surface area contributed by atoms with Crippen LogP contribution in [0.2, 0.25) is 0 Å². The second kappa shape index (κ2) is 6.33. The highest BCUT2D eigenvalue weighted by Crippen LogP contribution is 2.14. The Bertz CT molecular complexity index is 586. The van der Waals surface area contributed by atoms with Crippen molar-refractivity contribution in [3.05, 3.63) is 58.3 Å². The van der Waals surface area contributed by atoms with Crippen LogP contribution in [0.5, 0.6) is 0 Å². The summed E-state index contributed by atoms with van der Waals surface area (Å²) in [6.45, 7) is 0.656. The molecule has 5 heteroatoms. The molecule has 2 aromatic rings. The fraction of sp³-hybridized carbons (Fsp3) is 0.143. The number of nitrogens with zero attached hydrogens (tertiary/aromatic N) is 1. The topological polar surface area (TPSA) is 54.0 Å². The minimum Gasteiger partial charge on any atom is -0.381 e. The lowest BCUT2D eigenvalue weighted by atomic mass is 10.2. The summed E-state index contributed by atoms with van der Waals surface area (Å²) in [7, 11) is 1.62. The average Bonchev–Trinajstić information content (AvgIpc) is 2.45. The van der Waals surface area contributed by atoms with Crippen LogP contribution in [0.25, 0.3) is 0 Å². The lowest BCUT2D eigenvalue weighted by molar-refractivity contribution is 0.0963. The molecule has 0 aliphatic heterocycles. The summed E-state index contributed by atoms with van der Waals surface area (Å²) >= 11 is 3.39. The van der Waals surface area contributed by atoms with E-state index in [1.807, 2.05) is 24.3 Å². The summed E-state index contributed by atoms with van der Waals surface area (Å²) in [4.78, 5) is 15.6. The van der Waals surface area contributed by atoms with Crippen LogP contribution in [0.3, 0.4) is 0 Å². The Morgan fingerprint density at radius 3 is 2.89 bits per heavy atom. The first kappa shape index (κ1) is 13.5. The van der Waals surface area contributed by atoms with Crippen molar-refractivity contribution in [2.45, 2.75) is 6.54 Å². The minimum atomic E-state index is -0.0900. The maximum atomic E-state index is 11.5. The number of hydrogen-bond acceptors (Lipinski definition) is 3. The molecule has 0 aliphatic rings. The van der Waals surface area contributed by atoms with Crippen LogP contribution < -0.4 is 10.6 Å². The number of amides is 1. The van der Waals surface area contributed by atoms with Gasteiger partial charge < -0.3 is 10.6 Å². The van der Waals surface area contributed by atoms with E-state index < -0.39 is 0 Å². The summed E-state index contributed by atoms with van der Waals surface area (Å²) in [6, 6.07) is 9.39. The minimum absolute atomic E-state index is 0.0900. The SMILES string of the molecule is CNC(=O)c1cccc(NCc2cncc(Br)c2)c1. The normalized spacial score (nSPS) is 10.0. The van der Waals surface area contributed by atoms with Gasteiger partial charge in [-0.1, -0.05) is 6.07 Å². The number of carbonyl (C=O) groups excluding carboxylic acids is 1. The van der Waals surface area contributed by atoms with Crippen molar-refractivity contribution in [2.24, 2.45) is 0 Å². The zero-order valence-electron chi connectivity index (χ0n) is 10.5. The maximum Gasteiger partial charge on any atom is 0.251 e. The lowest BCUT2D eigenvalue weighted by Gasteiger charge is -2.08. The van der Waals surface area contributed by atoms with Crippen molar-refractivity contribution in [2.75, 3.05) is 12.4 Å². The van der Waals surface area contributed by atoms with E-state index in [4.69, 9.17) is 0 Å². The molecule has 1 aromatic carbocycles. The molecule has 19 heavy (non-hydrogen) atoms. The van der Waals surface area contributed by atoms with Gasteiger partial charge in [0.2, 0.25) is 0 Å². The second-order valence-electron chi connectivity index (χ2n) is 4.02. The van der Waals surface area contributed by atoms with Gasteiger partial charge in [0.05, 0.1) is 0 Å². The third-order valence-corrected chi connectivity index (χ3v) is 3.04. The number of rotatable bonds is 4. The van der Waals surface area contributed by atoms with E-state index in [1.54, 1.807) is 25.5 Å². The van der Waals surface area contributed by atoms with Crippen molar-refractivity contribution in [3.63, 3.8) is 0 Å². The third-order valence-electron chi connectivity index (χ3n) is 2.61. The molecule has 1 amide bonds. The number of aromatic nitrogens is 1. The molecule has 0 saturated heterocycles. The predicted molar refractivity (Wildman–Crippen MR) is 79.1 cm³/mol. The summed E-state index contributed by atoms with van der Waals surface area (Å²) < 4.78 is 0.950. The van der Waals surface area contributed by atoms with Crippen molar-refractivity contribution in [1.29, 1.82) is 0 Å². The molecule has 0 unspecified atom stereocenters. The van der Waals surface area contributed by atoms with Gasteiger partial charge in [-0.05, 0) is 45.8 Å². The molecule has 0 atom stereocenters. The molecule has 0 fully saturated rings. The van der Waals surface area contributed by atoms with Gasteiger partial charge in [0.25, 0.3) is 5.91 Å². The second-order valence-corrected chi connectivity index (χ2v) is 4.94. The Morgan fingerprint density at radius 2 is 2.16 bits per heavy atom.